The SMILES string of the molecule is CC(C)CC(NC(=O)C(CS)NC(=O)C(N)Cc1ccc(O)cc1)C(=O)NC(Cc1cnc[nH]1)C(=O)O. The van der Waals surface area contributed by atoms with Crippen LogP contribution in [0.1, 0.15) is 31.5 Å². The lowest BCUT2D eigenvalue weighted by Crippen LogP contribution is -2.58. The first-order chi connectivity index (χ1) is 17.5. The van der Waals surface area contributed by atoms with Crippen LogP contribution < -0.4 is 21.7 Å². The first-order valence-corrected chi connectivity index (χ1v) is 12.4. The van der Waals surface area contributed by atoms with E-state index in [1.807, 2.05) is 13.8 Å². The quantitative estimate of drug-likeness (QED) is 0.152. The molecule has 3 amide bonds. The third-order valence-electron chi connectivity index (χ3n) is 5.48. The predicted octanol–water partition coefficient (Wildman–Crippen LogP) is -0.257. The number of carbonyl (C=O) groups is 4. The van der Waals surface area contributed by atoms with E-state index in [2.05, 4.69) is 38.5 Å². The number of benzene rings is 1. The summed E-state index contributed by atoms with van der Waals surface area (Å²) < 4.78 is 0. The zero-order valence-electron chi connectivity index (χ0n) is 20.7. The monoisotopic (exact) mass is 534 g/mol. The van der Waals surface area contributed by atoms with Gasteiger partial charge >= 0.3 is 5.97 Å². The van der Waals surface area contributed by atoms with Crippen molar-refractivity contribution in [2.24, 2.45) is 11.7 Å². The number of hydrogen-bond donors (Lipinski definition) is 8. The fraction of sp³-hybridized carbons (Fsp3) is 0.458. The molecule has 0 bridgehead atoms. The number of nitrogens with two attached hydrogens (primary N) is 1. The van der Waals surface area contributed by atoms with Crippen LogP contribution in [0.15, 0.2) is 36.8 Å². The molecular weight excluding hydrogens is 500 g/mol. The van der Waals surface area contributed by atoms with E-state index in [1.165, 1.54) is 24.7 Å². The number of hydrogen-bond acceptors (Lipinski definition) is 8. The minimum Gasteiger partial charge on any atom is -0.508 e. The van der Waals surface area contributed by atoms with Gasteiger partial charge in [0.2, 0.25) is 17.7 Å². The van der Waals surface area contributed by atoms with Gasteiger partial charge in [-0.1, -0.05) is 26.0 Å². The molecule has 0 aliphatic heterocycles. The molecule has 202 valence electrons. The molecule has 12 nitrogen and oxygen atoms in total. The highest BCUT2D eigenvalue weighted by Gasteiger charge is 2.30. The Balaban J connectivity index is 2.02. The Kier molecular flexibility index (Phi) is 11.4. The maximum Gasteiger partial charge on any atom is 0.326 e. The van der Waals surface area contributed by atoms with Crippen LogP contribution >= 0.6 is 12.6 Å². The Morgan fingerprint density at radius 1 is 0.973 bits per heavy atom. The molecule has 8 N–H and O–H groups in total. The number of imidazole rings is 1. The highest BCUT2D eigenvalue weighted by atomic mass is 32.1. The second-order valence-electron chi connectivity index (χ2n) is 9.09. The van der Waals surface area contributed by atoms with Gasteiger partial charge in [-0.2, -0.15) is 12.6 Å². The van der Waals surface area contributed by atoms with Crippen LogP contribution in [0.4, 0.5) is 0 Å². The van der Waals surface area contributed by atoms with Gasteiger partial charge in [0.15, 0.2) is 0 Å². The average molecular weight is 535 g/mol. The van der Waals surface area contributed by atoms with Crippen LogP contribution in [0.3, 0.4) is 0 Å². The Hall–Kier alpha value is -3.58. The van der Waals surface area contributed by atoms with Gasteiger partial charge in [-0.3, -0.25) is 14.4 Å². The number of carbonyl (C=O) groups excluding carboxylic acids is 3. The van der Waals surface area contributed by atoms with Crippen LogP contribution in [0.5, 0.6) is 5.75 Å². The average Bonchev–Trinajstić information content (AvgIpc) is 3.35. The van der Waals surface area contributed by atoms with E-state index in [4.69, 9.17) is 5.73 Å². The normalized spacial score (nSPS) is 14.3. The van der Waals surface area contributed by atoms with Gasteiger partial charge in [0.1, 0.15) is 23.9 Å². The number of phenols is 1. The van der Waals surface area contributed by atoms with E-state index in [-0.39, 0.29) is 36.7 Å². The molecule has 0 saturated heterocycles. The van der Waals surface area contributed by atoms with Crippen LogP contribution in [-0.4, -0.2) is 73.8 Å². The molecule has 1 aromatic heterocycles. The molecule has 2 aromatic rings. The molecule has 0 radical (unpaired) electrons. The summed E-state index contributed by atoms with van der Waals surface area (Å²) in [6.07, 6.45) is 3.26. The number of aromatic nitrogens is 2. The molecule has 13 heteroatoms. The summed E-state index contributed by atoms with van der Waals surface area (Å²) in [7, 11) is 0. The largest absolute Gasteiger partial charge is 0.508 e. The maximum atomic E-state index is 13.0. The molecule has 0 saturated carbocycles. The zero-order valence-corrected chi connectivity index (χ0v) is 21.6. The van der Waals surface area contributed by atoms with Crippen LogP contribution in [0, 0.1) is 5.92 Å². The van der Waals surface area contributed by atoms with E-state index in [1.54, 1.807) is 12.1 Å². The van der Waals surface area contributed by atoms with E-state index >= 15 is 0 Å². The number of carboxylic acid groups (broad SMARTS) is 1. The number of thiol groups is 1. The summed E-state index contributed by atoms with van der Waals surface area (Å²) in [6, 6.07) is 1.91. The number of aromatic amines is 1. The fourth-order valence-corrected chi connectivity index (χ4v) is 3.77. The van der Waals surface area contributed by atoms with E-state index < -0.39 is 47.9 Å². The Labute approximate surface area is 220 Å². The number of amides is 3. The molecule has 0 spiro atoms. The number of rotatable bonds is 14. The Bertz CT molecular complexity index is 1050. The third-order valence-corrected chi connectivity index (χ3v) is 5.84. The summed E-state index contributed by atoms with van der Waals surface area (Å²) in [4.78, 5) is 56.8. The number of nitrogens with zero attached hydrogens (tertiary/aromatic N) is 1. The molecule has 4 atom stereocenters. The number of aliphatic carboxylic acids is 1. The first-order valence-electron chi connectivity index (χ1n) is 11.8. The third kappa shape index (κ3) is 9.77. The van der Waals surface area contributed by atoms with Crippen molar-refractivity contribution in [1.82, 2.24) is 25.9 Å². The molecule has 1 heterocycles. The van der Waals surface area contributed by atoms with Crippen molar-refractivity contribution in [3.63, 3.8) is 0 Å². The number of phenolic OH excluding ortho intramolecular Hbond substituents is 1. The smallest absolute Gasteiger partial charge is 0.326 e. The first kappa shape index (κ1) is 29.6. The van der Waals surface area contributed by atoms with Gasteiger partial charge in [0.05, 0.1) is 12.4 Å². The van der Waals surface area contributed by atoms with Gasteiger partial charge < -0.3 is 36.9 Å². The number of carboxylic acids is 1. The zero-order chi connectivity index (χ0) is 27.5. The Morgan fingerprint density at radius 3 is 2.11 bits per heavy atom. The van der Waals surface area contributed by atoms with Crippen molar-refractivity contribution in [3.05, 3.63) is 48.0 Å². The summed E-state index contributed by atoms with van der Waals surface area (Å²) >= 11 is 4.15. The topological polar surface area (TPSA) is 200 Å². The number of H-pyrrole nitrogens is 1. The molecule has 0 fully saturated rings. The predicted molar refractivity (Wildman–Crippen MR) is 139 cm³/mol. The lowest BCUT2D eigenvalue weighted by Gasteiger charge is -2.25. The minimum atomic E-state index is -1.24. The van der Waals surface area contributed by atoms with Crippen molar-refractivity contribution >= 4 is 36.3 Å². The molecule has 1 aromatic carbocycles. The van der Waals surface area contributed by atoms with Gasteiger partial charge in [-0.15, -0.1) is 0 Å². The molecule has 2 rings (SSSR count). The fourth-order valence-electron chi connectivity index (χ4n) is 3.52. The molecule has 0 aliphatic rings. The van der Waals surface area contributed by atoms with Gasteiger partial charge in [-0.05, 0) is 36.5 Å². The standard InChI is InChI=1S/C24H34N6O6S/c1-13(2)7-18(22(33)29-19(24(35)36)9-15-10-26-12-27-15)28-23(34)20(11-37)30-21(32)17(25)8-14-3-5-16(31)6-4-14/h3-6,10,12-13,17-20,31,37H,7-9,11,25H2,1-2H3,(H,26,27)(H,28,34)(H,29,33)(H,30,32)(H,35,36). The molecule has 4 unspecified atom stereocenters. The van der Waals surface area contributed by atoms with Crippen LogP contribution in [-0.2, 0) is 32.0 Å². The van der Waals surface area contributed by atoms with Crippen LogP contribution in [0.25, 0.3) is 0 Å². The van der Waals surface area contributed by atoms with Crippen molar-refractivity contribution in [1.29, 1.82) is 0 Å². The van der Waals surface area contributed by atoms with Crippen LogP contribution in [0.2, 0.25) is 0 Å². The lowest BCUT2D eigenvalue weighted by atomic mass is 10.0. The Morgan fingerprint density at radius 2 is 1.57 bits per heavy atom. The highest BCUT2D eigenvalue weighted by Crippen LogP contribution is 2.11. The van der Waals surface area contributed by atoms with Crippen molar-refractivity contribution in [2.45, 2.75) is 57.3 Å². The molecular formula is C24H34N6O6S. The van der Waals surface area contributed by atoms with E-state index in [9.17, 15) is 29.4 Å². The second-order valence-corrected chi connectivity index (χ2v) is 9.46. The van der Waals surface area contributed by atoms with Gasteiger partial charge in [-0.25, -0.2) is 9.78 Å². The highest BCUT2D eigenvalue weighted by molar-refractivity contribution is 7.80. The van der Waals surface area contributed by atoms with Crippen molar-refractivity contribution < 1.29 is 29.4 Å². The van der Waals surface area contributed by atoms with Gasteiger partial charge in [0.25, 0.3) is 0 Å². The summed E-state index contributed by atoms with van der Waals surface area (Å²) in [6.45, 7) is 3.71. The van der Waals surface area contributed by atoms with E-state index in [0.29, 0.717) is 5.69 Å². The van der Waals surface area contributed by atoms with Crippen molar-refractivity contribution in [2.75, 3.05) is 5.75 Å². The summed E-state index contributed by atoms with van der Waals surface area (Å²) in [5.41, 5.74) is 7.24. The number of aromatic hydroxyl groups is 1. The minimum absolute atomic E-state index is 0.00490. The molecule has 0 aliphatic carbocycles. The maximum absolute atomic E-state index is 13.0. The van der Waals surface area contributed by atoms with E-state index in [0.717, 1.165) is 5.56 Å². The second kappa shape index (κ2) is 14.2. The summed E-state index contributed by atoms with van der Waals surface area (Å²) in [5, 5.41) is 26.5. The number of nitrogens with one attached hydrogen (secondary N) is 4. The molecule has 37 heavy (non-hydrogen) atoms. The van der Waals surface area contributed by atoms with Gasteiger partial charge in [0, 0.05) is 24.1 Å². The lowest BCUT2D eigenvalue weighted by molar-refractivity contribution is -0.142. The van der Waals surface area contributed by atoms with Crippen molar-refractivity contribution in [3.8, 4) is 5.75 Å². The summed E-state index contributed by atoms with van der Waals surface area (Å²) in [5.74, 6) is -3.11.